The van der Waals surface area contributed by atoms with Gasteiger partial charge in [0.05, 0.1) is 5.75 Å². The zero-order valence-electron chi connectivity index (χ0n) is 5.59. The van der Waals surface area contributed by atoms with Gasteiger partial charge in [-0.1, -0.05) is 20.3 Å². The van der Waals surface area contributed by atoms with Crippen LogP contribution in [-0.4, -0.2) is 14.2 Å². The number of hydrogen-bond donors (Lipinski definition) is 0. The Labute approximate surface area is 60.6 Å². The van der Waals surface area contributed by atoms with Gasteiger partial charge >= 0.3 is 0 Å². The second-order valence-electron chi connectivity index (χ2n) is 2.22. The standard InChI is InChI=1S/C5H11ClO2S/c1-3-5(2)4-9(6,7)8/h5H,3-4H2,1-2H3/t5-/m0/s1. The second-order valence-corrected chi connectivity index (χ2v) is 5.04. The van der Waals surface area contributed by atoms with Gasteiger partial charge in [-0.2, -0.15) is 0 Å². The molecule has 0 aliphatic rings. The normalized spacial score (nSPS) is 15.4. The van der Waals surface area contributed by atoms with Crippen molar-refractivity contribution in [3.8, 4) is 0 Å². The minimum atomic E-state index is -3.26. The van der Waals surface area contributed by atoms with Crippen LogP contribution in [0, 0.1) is 5.92 Å². The zero-order valence-corrected chi connectivity index (χ0v) is 7.17. The minimum absolute atomic E-state index is 0.0883. The molecule has 0 N–H and O–H groups in total. The molecule has 0 spiro atoms. The molecule has 0 saturated carbocycles. The second kappa shape index (κ2) is 3.42. The third-order valence-corrected chi connectivity index (χ3v) is 2.53. The van der Waals surface area contributed by atoms with Gasteiger partial charge < -0.3 is 0 Å². The maximum Gasteiger partial charge on any atom is 0.232 e. The van der Waals surface area contributed by atoms with Crippen molar-refractivity contribution < 1.29 is 8.42 Å². The van der Waals surface area contributed by atoms with E-state index < -0.39 is 9.05 Å². The van der Waals surface area contributed by atoms with Crippen LogP contribution >= 0.6 is 10.7 Å². The Balaban J connectivity index is 3.75. The lowest BCUT2D eigenvalue weighted by Gasteiger charge is -2.02. The lowest BCUT2D eigenvalue weighted by molar-refractivity contribution is 0.576. The predicted octanol–water partition coefficient (Wildman–Crippen LogP) is 1.60. The molecule has 4 heteroatoms. The van der Waals surface area contributed by atoms with E-state index in [4.69, 9.17) is 10.7 Å². The Bertz CT molecular complexity index is 162. The molecule has 2 nitrogen and oxygen atoms in total. The van der Waals surface area contributed by atoms with Crippen LogP contribution in [0.4, 0.5) is 0 Å². The van der Waals surface area contributed by atoms with Gasteiger partial charge in [0.1, 0.15) is 0 Å². The minimum Gasteiger partial charge on any atom is -0.212 e. The summed E-state index contributed by atoms with van der Waals surface area (Å²) in [5, 5.41) is 0. The maximum atomic E-state index is 10.4. The molecule has 0 aromatic heterocycles. The average Bonchev–Trinajstić information content (AvgIpc) is 1.62. The first-order valence-corrected chi connectivity index (χ1v) is 5.36. The molecule has 0 heterocycles. The van der Waals surface area contributed by atoms with Crippen LogP contribution in [0.15, 0.2) is 0 Å². The topological polar surface area (TPSA) is 34.1 Å². The highest BCUT2D eigenvalue weighted by Crippen LogP contribution is 2.07. The van der Waals surface area contributed by atoms with Crippen LogP contribution in [0.5, 0.6) is 0 Å². The first kappa shape index (κ1) is 9.24. The van der Waals surface area contributed by atoms with Gasteiger partial charge in [0, 0.05) is 10.7 Å². The third-order valence-electron chi connectivity index (χ3n) is 1.18. The van der Waals surface area contributed by atoms with Gasteiger partial charge in [-0.05, 0) is 5.92 Å². The smallest absolute Gasteiger partial charge is 0.212 e. The molecule has 0 fully saturated rings. The Morgan fingerprint density at radius 1 is 1.56 bits per heavy atom. The van der Waals surface area contributed by atoms with Crippen LogP contribution in [0.1, 0.15) is 20.3 Å². The summed E-state index contributed by atoms with van der Waals surface area (Å²) in [5.41, 5.74) is 0. The Hall–Kier alpha value is 0.240. The van der Waals surface area contributed by atoms with Gasteiger partial charge in [-0.25, -0.2) is 8.42 Å². The van der Waals surface area contributed by atoms with E-state index in [0.29, 0.717) is 0 Å². The predicted molar refractivity (Wildman–Crippen MR) is 39.1 cm³/mol. The highest BCUT2D eigenvalue weighted by molar-refractivity contribution is 8.13. The van der Waals surface area contributed by atoms with Crippen LogP contribution in [0.25, 0.3) is 0 Å². The summed E-state index contributed by atoms with van der Waals surface area (Å²) in [5.74, 6) is 0.262. The van der Waals surface area contributed by atoms with Crippen molar-refractivity contribution in [2.45, 2.75) is 20.3 Å². The highest BCUT2D eigenvalue weighted by atomic mass is 35.7. The van der Waals surface area contributed by atoms with E-state index in [9.17, 15) is 8.42 Å². The SMILES string of the molecule is CC[C@H](C)CS(=O)(=O)Cl. The number of hydrogen-bond acceptors (Lipinski definition) is 2. The molecule has 9 heavy (non-hydrogen) atoms. The Morgan fingerprint density at radius 3 is 2.11 bits per heavy atom. The fourth-order valence-electron chi connectivity index (χ4n) is 0.458. The quantitative estimate of drug-likeness (QED) is 0.603. The van der Waals surface area contributed by atoms with Gasteiger partial charge in [0.25, 0.3) is 0 Å². The highest BCUT2D eigenvalue weighted by Gasteiger charge is 2.09. The molecule has 56 valence electrons. The molecule has 0 bridgehead atoms. The molecule has 0 aromatic carbocycles. The van der Waals surface area contributed by atoms with Gasteiger partial charge in [-0.3, -0.25) is 0 Å². The van der Waals surface area contributed by atoms with Crippen LogP contribution in [-0.2, 0) is 9.05 Å². The first-order chi connectivity index (χ1) is 3.95. The largest absolute Gasteiger partial charge is 0.232 e. The fraction of sp³-hybridized carbons (Fsp3) is 1.00. The van der Waals surface area contributed by atoms with E-state index >= 15 is 0 Å². The van der Waals surface area contributed by atoms with Gasteiger partial charge in [-0.15, -0.1) is 0 Å². The Kier molecular flexibility index (Phi) is 3.51. The van der Waals surface area contributed by atoms with Crippen molar-refractivity contribution in [2.75, 3.05) is 5.75 Å². The van der Waals surface area contributed by atoms with Gasteiger partial charge in [0.2, 0.25) is 9.05 Å². The molecule has 0 rings (SSSR count). The van der Waals surface area contributed by atoms with Crippen LogP contribution in [0.2, 0.25) is 0 Å². The molecule has 0 amide bonds. The molecule has 0 aliphatic carbocycles. The number of halogens is 1. The summed E-state index contributed by atoms with van der Waals surface area (Å²) in [6, 6.07) is 0. The summed E-state index contributed by atoms with van der Waals surface area (Å²) in [7, 11) is 1.72. The lowest BCUT2D eigenvalue weighted by atomic mass is 10.2. The van der Waals surface area contributed by atoms with Crippen molar-refractivity contribution in [3.63, 3.8) is 0 Å². The molecule has 0 radical (unpaired) electrons. The molecule has 0 aliphatic heterocycles. The Morgan fingerprint density at radius 2 is 2.00 bits per heavy atom. The third kappa shape index (κ3) is 6.12. The summed E-state index contributed by atoms with van der Waals surface area (Å²) in [6.07, 6.45) is 0.853. The van der Waals surface area contributed by atoms with E-state index in [1.54, 1.807) is 0 Å². The molecule has 0 unspecified atom stereocenters. The monoisotopic (exact) mass is 170 g/mol. The van der Waals surface area contributed by atoms with Crippen molar-refractivity contribution in [3.05, 3.63) is 0 Å². The van der Waals surface area contributed by atoms with Crippen LogP contribution in [0.3, 0.4) is 0 Å². The molecular weight excluding hydrogens is 160 g/mol. The summed E-state index contributed by atoms with van der Waals surface area (Å²) in [6.45, 7) is 3.80. The zero-order chi connectivity index (χ0) is 7.49. The fourth-order valence-corrected chi connectivity index (χ4v) is 2.02. The van der Waals surface area contributed by atoms with Crippen LogP contribution < -0.4 is 0 Å². The van der Waals surface area contributed by atoms with E-state index in [-0.39, 0.29) is 11.7 Å². The molecular formula is C5H11ClO2S. The average molecular weight is 171 g/mol. The van der Waals surface area contributed by atoms with E-state index in [0.717, 1.165) is 6.42 Å². The summed E-state index contributed by atoms with van der Waals surface area (Å²) >= 11 is 0. The number of rotatable bonds is 3. The van der Waals surface area contributed by atoms with Gasteiger partial charge in [0.15, 0.2) is 0 Å². The molecule has 0 aromatic rings. The molecule has 0 saturated heterocycles. The lowest BCUT2D eigenvalue weighted by Crippen LogP contribution is -2.06. The summed E-state index contributed by atoms with van der Waals surface area (Å²) in [4.78, 5) is 0. The van der Waals surface area contributed by atoms with E-state index in [2.05, 4.69) is 0 Å². The van der Waals surface area contributed by atoms with E-state index in [1.807, 2.05) is 13.8 Å². The van der Waals surface area contributed by atoms with Crippen molar-refractivity contribution >= 4 is 19.7 Å². The van der Waals surface area contributed by atoms with E-state index in [1.165, 1.54) is 0 Å². The molecule has 1 atom stereocenters. The van der Waals surface area contributed by atoms with Crippen molar-refractivity contribution in [1.29, 1.82) is 0 Å². The maximum absolute atomic E-state index is 10.4. The first-order valence-electron chi connectivity index (χ1n) is 2.88. The van der Waals surface area contributed by atoms with Crippen molar-refractivity contribution in [2.24, 2.45) is 5.92 Å². The summed E-state index contributed by atoms with van der Waals surface area (Å²) < 4.78 is 20.7. The van der Waals surface area contributed by atoms with Crippen molar-refractivity contribution in [1.82, 2.24) is 0 Å².